The first-order valence-corrected chi connectivity index (χ1v) is 4.66. The molecule has 1 aliphatic carbocycles. The molecular weight excluding hydrogens is 138 g/mol. The third-order valence-corrected chi connectivity index (χ3v) is 2.92. The summed E-state index contributed by atoms with van der Waals surface area (Å²) in [6, 6.07) is 0. The number of rotatable bonds is 2. The van der Waals surface area contributed by atoms with Crippen molar-refractivity contribution in [3.8, 4) is 0 Å². The first kappa shape index (κ1) is 9.01. The molecule has 0 radical (unpaired) electrons. The molecule has 3 atom stereocenters. The van der Waals surface area contributed by atoms with Gasteiger partial charge in [0.05, 0.1) is 6.10 Å². The molecule has 0 amide bonds. The molecule has 0 aromatic rings. The number of nitrogens with two attached hydrogens (primary N) is 1. The van der Waals surface area contributed by atoms with Crippen LogP contribution in [0.25, 0.3) is 0 Å². The summed E-state index contributed by atoms with van der Waals surface area (Å²) in [5.41, 5.74) is 5.54. The van der Waals surface area contributed by atoms with E-state index in [1.54, 1.807) is 0 Å². The first-order valence-electron chi connectivity index (χ1n) is 4.66. The lowest BCUT2D eigenvalue weighted by molar-refractivity contribution is 0.0449. The van der Waals surface area contributed by atoms with Crippen LogP contribution in [-0.4, -0.2) is 17.8 Å². The molecule has 11 heavy (non-hydrogen) atoms. The Balaban J connectivity index is 2.34. The molecule has 0 aliphatic heterocycles. The average molecular weight is 157 g/mol. The summed E-state index contributed by atoms with van der Waals surface area (Å²) in [4.78, 5) is 0. The van der Waals surface area contributed by atoms with Crippen LogP contribution in [0.15, 0.2) is 0 Å². The molecule has 1 aliphatic rings. The highest BCUT2D eigenvalue weighted by Gasteiger charge is 2.26. The lowest BCUT2D eigenvalue weighted by atomic mass is 9.79. The maximum atomic E-state index is 9.61. The summed E-state index contributed by atoms with van der Waals surface area (Å²) in [7, 11) is 0. The minimum atomic E-state index is -0.0812. The van der Waals surface area contributed by atoms with Gasteiger partial charge in [-0.25, -0.2) is 0 Å². The van der Waals surface area contributed by atoms with Gasteiger partial charge in [0.2, 0.25) is 0 Å². The summed E-state index contributed by atoms with van der Waals surface area (Å²) in [5.74, 6) is 1.12. The van der Waals surface area contributed by atoms with Crippen molar-refractivity contribution in [1.29, 1.82) is 0 Å². The van der Waals surface area contributed by atoms with Gasteiger partial charge in [0.15, 0.2) is 0 Å². The van der Waals surface area contributed by atoms with Gasteiger partial charge in [-0.3, -0.25) is 0 Å². The fourth-order valence-electron chi connectivity index (χ4n) is 1.98. The van der Waals surface area contributed by atoms with Crippen LogP contribution in [0.3, 0.4) is 0 Å². The van der Waals surface area contributed by atoms with E-state index in [0.717, 1.165) is 19.4 Å². The highest BCUT2D eigenvalue weighted by molar-refractivity contribution is 4.79. The molecule has 0 aromatic carbocycles. The van der Waals surface area contributed by atoms with Crippen LogP contribution in [0.2, 0.25) is 0 Å². The second-order valence-electron chi connectivity index (χ2n) is 3.65. The smallest absolute Gasteiger partial charge is 0.0571 e. The molecular formula is C9H19NO. The fourth-order valence-corrected chi connectivity index (χ4v) is 1.98. The fraction of sp³-hybridized carbons (Fsp3) is 1.00. The van der Waals surface area contributed by atoms with Crippen LogP contribution < -0.4 is 5.73 Å². The third kappa shape index (κ3) is 2.17. The molecule has 66 valence electrons. The van der Waals surface area contributed by atoms with Crippen molar-refractivity contribution in [1.82, 2.24) is 0 Å². The second-order valence-corrected chi connectivity index (χ2v) is 3.65. The van der Waals surface area contributed by atoms with Crippen molar-refractivity contribution in [2.24, 2.45) is 17.6 Å². The molecule has 2 heteroatoms. The van der Waals surface area contributed by atoms with E-state index in [4.69, 9.17) is 5.73 Å². The average Bonchev–Trinajstić information content (AvgIpc) is 2.04. The molecule has 1 fully saturated rings. The van der Waals surface area contributed by atoms with Crippen LogP contribution in [0.1, 0.15) is 32.6 Å². The molecule has 3 unspecified atom stereocenters. The number of aliphatic hydroxyl groups is 1. The van der Waals surface area contributed by atoms with Gasteiger partial charge in [-0.15, -0.1) is 0 Å². The highest BCUT2D eigenvalue weighted by atomic mass is 16.3. The standard InChI is InChI=1S/C9H19NO/c1-2-8-4-3-7(6-10)5-9(8)11/h7-9,11H,2-6,10H2,1H3. The van der Waals surface area contributed by atoms with Crippen LogP contribution in [0.4, 0.5) is 0 Å². The molecule has 0 heterocycles. The van der Waals surface area contributed by atoms with Crippen LogP contribution >= 0.6 is 0 Å². The van der Waals surface area contributed by atoms with Gasteiger partial charge in [-0.1, -0.05) is 13.3 Å². The highest BCUT2D eigenvalue weighted by Crippen LogP contribution is 2.30. The summed E-state index contributed by atoms with van der Waals surface area (Å²) in [6.07, 6.45) is 4.33. The lowest BCUT2D eigenvalue weighted by Gasteiger charge is -2.31. The number of hydrogen-bond donors (Lipinski definition) is 2. The maximum absolute atomic E-state index is 9.61. The third-order valence-electron chi connectivity index (χ3n) is 2.92. The van der Waals surface area contributed by atoms with E-state index in [-0.39, 0.29) is 6.10 Å². The van der Waals surface area contributed by atoms with Crippen molar-refractivity contribution in [3.05, 3.63) is 0 Å². The zero-order valence-electron chi connectivity index (χ0n) is 7.29. The second kappa shape index (κ2) is 4.07. The Morgan fingerprint density at radius 3 is 2.64 bits per heavy atom. The quantitative estimate of drug-likeness (QED) is 0.631. The number of hydrogen-bond acceptors (Lipinski definition) is 2. The van der Waals surface area contributed by atoms with E-state index in [9.17, 15) is 5.11 Å². The van der Waals surface area contributed by atoms with E-state index < -0.39 is 0 Å². The van der Waals surface area contributed by atoms with E-state index in [0.29, 0.717) is 11.8 Å². The summed E-state index contributed by atoms with van der Waals surface area (Å²) >= 11 is 0. The lowest BCUT2D eigenvalue weighted by Crippen LogP contribution is -2.32. The van der Waals surface area contributed by atoms with Gasteiger partial charge < -0.3 is 10.8 Å². The van der Waals surface area contributed by atoms with Gasteiger partial charge in [0.1, 0.15) is 0 Å². The molecule has 2 nitrogen and oxygen atoms in total. The number of aliphatic hydroxyl groups excluding tert-OH is 1. The minimum absolute atomic E-state index is 0.0812. The van der Waals surface area contributed by atoms with E-state index in [2.05, 4.69) is 6.92 Å². The first-order chi connectivity index (χ1) is 5.27. The monoisotopic (exact) mass is 157 g/mol. The Morgan fingerprint density at radius 1 is 1.45 bits per heavy atom. The zero-order chi connectivity index (χ0) is 8.27. The normalized spacial score (nSPS) is 39.0. The molecule has 1 rings (SSSR count). The van der Waals surface area contributed by atoms with Crippen LogP contribution in [-0.2, 0) is 0 Å². The van der Waals surface area contributed by atoms with Crippen molar-refractivity contribution < 1.29 is 5.11 Å². The van der Waals surface area contributed by atoms with E-state index in [1.807, 2.05) is 0 Å². The SMILES string of the molecule is CCC1CCC(CN)CC1O. The molecule has 0 bridgehead atoms. The molecule has 3 N–H and O–H groups in total. The van der Waals surface area contributed by atoms with Gasteiger partial charge >= 0.3 is 0 Å². The van der Waals surface area contributed by atoms with Crippen molar-refractivity contribution in [2.45, 2.75) is 38.7 Å². The van der Waals surface area contributed by atoms with E-state index >= 15 is 0 Å². The Kier molecular flexibility index (Phi) is 3.34. The van der Waals surface area contributed by atoms with E-state index in [1.165, 1.54) is 12.8 Å². The molecule has 1 saturated carbocycles. The largest absolute Gasteiger partial charge is 0.393 e. The summed E-state index contributed by atoms with van der Waals surface area (Å²) < 4.78 is 0. The molecule has 0 spiro atoms. The topological polar surface area (TPSA) is 46.2 Å². The predicted octanol–water partition coefficient (Wildman–Crippen LogP) is 1.13. The summed E-state index contributed by atoms with van der Waals surface area (Å²) in [6.45, 7) is 2.89. The van der Waals surface area contributed by atoms with Crippen molar-refractivity contribution in [3.63, 3.8) is 0 Å². The zero-order valence-corrected chi connectivity index (χ0v) is 7.29. The summed E-state index contributed by atoms with van der Waals surface area (Å²) in [5, 5.41) is 9.61. The Labute approximate surface area is 68.8 Å². The molecule has 0 saturated heterocycles. The minimum Gasteiger partial charge on any atom is -0.393 e. The van der Waals surface area contributed by atoms with Crippen molar-refractivity contribution in [2.75, 3.05) is 6.54 Å². The van der Waals surface area contributed by atoms with Crippen LogP contribution in [0.5, 0.6) is 0 Å². The Bertz CT molecular complexity index is 116. The predicted molar refractivity (Wildman–Crippen MR) is 46.2 cm³/mol. The van der Waals surface area contributed by atoms with Gasteiger partial charge in [-0.2, -0.15) is 0 Å². The van der Waals surface area contributed by atoms with Crippen LogP contribution in [0, 0.1) is 11.8 Å². The van der Waals surface area contributed by atoms with Gasteiger partial charge in [0, 0.05) is 0 Å². The Hall–Kier alpha value is -0.0800. The molecule has 0 aromatic heterocycles. The van der Waals surface area contributed by atoms with Crippen molar-refractivity contribution >= 4 is 0 Å². The maximum Gasteiger partial charge on any atom is 0.0571 e. The van der Waals surface area contributed by atoms with Gasteiger partial charge in [-0.05, 0) is 37.6 Å². The Morgan fingerprint density at radius 2 is 2.18 bits per heavy atom. The van der Waals surface area contributed by atoms with Gasteiger partial charge in [0.25, 0.3) is 0 Å².